The largest absolute Gasteiger partial charge is 1.00 e. The first-order valence-corrected chi connectivity index (χ1v) is 30.9. The van der Waals surface area contributed by atoms with Gasteiger partial charge in [0.2, 0.25) is 10.4 Å². The molecule has 0 spiro atoms. The number of allylic oxidation sites excluding steroid dienone is 3. The molecule has 27 nitrogen and oxygen atoms in total. The van der Waals surface area contributed by atoms with Crippen LogP contribution in [0.25, 0.3) is 0 Å². The zero-order chi connectivity index (χ0) is 61.6. The Morgan fingerprint density at radius 3 is 1.72 bits per heavy atom. The van der Waals surface area contributed by atoms with Gasteiger partial charge >= 0.3 is 29.6 Å². The summed E-state index contributed by atoms with van der Waals surface area (Å²) in [5, 5.41) is 147. The molecule has 0 radical (unpaired) electrons. The molecule has 9 aliphatic rings. The normalized spacial score (nSPS) is 51.4. The van der Waals surface area contributed by atoms with Gasteiger partial charge in [-0.15, -0.1) is 0 Å². The van der Waals surface area contributed by atoms with Crippen molar-refractivity contribution in [3.8, 4) is 0 Å². The summed E-state index contributed by atoms with van der Waals surface area (Å²) in [5.74, 6) is -1.01. The van der Waals surface area contributed by atoms with E-state index in [1.807, 2.05) is 19.9 Å². The molecule has 0 aromatic heterocycles. The molecule has 5 saturated heterocycles. The number of hydrogen-bond donors (Lipinski definition) is 13. The van der Waals surface area contributed by atoms with Crippen molar-refractivity contribution in [1.82, 2.24) is 0 Å². The maximum atomic E-state index is 12.4. The minimum atomic E-state index is -5.12. The average Bonchev–Trinajstić information content (AvgIpc) is 1.73. The standard InChI is InChI=1S/C56H92O27S.Na/c1-21(2)10-13-34(57)56(9,69)33-12-11-28-27-19-31(30-18-26(83-84(70,71)72)14-16-54(30,7)29(27)15-17-55(28,33)8)78-51-45(68)46(38(61)25(6)76-51)80-52-47(81-49-43(66)40(63)35(58)22(3)74-49)39(62)32(20-73-52)79-53-48(42(65)37(60)24(5)77-53)82-50-44(67)41(64)36(59)23(4)75-50;/h10,15,22-28,30-53,57-69H,11-14,16-20H2,1-9H3,(H,70,71,72);/q;+1/p-1. The predicted octanol–water partition coefficient (Wildman–Crippen LogP) is -5.28. The van der Waals surface area contributed by atoms with Crippen molar-refractivity contribution in [1.29, 1.82) is 0 Å². The molecular weight excluding hydrogens is 1160 g/mol. The van der Waals surface area contributed by atoms with Crippen molar-refractivity contribution < 1.29 is 160 Å². The average molecular weight is 1250 g/mol. The molecule has 29 heteroatoms. The fourth-order valence-electron chi connectivity index (χ4n) is 15.4. The number of hydrogen-bond acceptors (Lipinski definition) is 27. The van der Waals surface area contributed by atoms with Crippen LogP contribution in [0.2, 0.25) is 0 Å². The molecule has 0 aromatic carbocycles. The molecule has 34 atom stereocenters. The molecule has 5 aliphatic heterocycles. The Hall–Kier alpha value is -0.570. The van der Waals surface area contributed by atoms with E-state index < -0.39 is 205 Å². The van der Waals surface area contributed by atoms with Crippen LogP contribution in [0.5, 0.6) is 0 Å². The molecule has 8 fully saturated rings. The van der Waals surface area contributed by atoms with E-state index in [1.165, 1.54) is 27.7 Å². The number of ether oxygens (including phenoxy) is 10. The second kappa shape index (κ2) is 27.2. The molecule has 13 N–H and O–H groups in total. The fourth-order valence-corrected chi connectivity index (χ4v) is 15.9. The molecule has 9 rings (SSSR count). The molecule has 0 amide bonds. The fraction of sp³-hybridized carbons (Fsp3) is 0.929. The zero-order valence-electron chi connectivity index (χ0n) is 49.9. The Kier molecular flexibility index (Phi) is 22.5. The van der Waals surface area contributed by atoms with Crippen molar-refractivity contribution in [2.24, 2.45) is 34.5 Å². The van der Waals surface area contributed by atoms with Crippen molar-refractivity contribution in [3.63, 3.8) is 0 Å². The van der Waals surface area contributed by atoms with Gasteiger partial charge in [0, 0.05) is 0 Å². The third kappa shape index (κ3) is 13.9. The maximum Gasteiger partial charge on any atom is 1.00 e. The van der Waals surface area contributed by atoms with Crippen molar-refractivity contribution >= 4 is 10.4 Å². The minimum absolute atomic E-state index is 0. The molecule has 484 valence electrons. The number of rotatable bonds is 16. The second-order valence-corrected chi connectivity index (χ2v) is 27.2. The summed E-state index contributed by atoms with van der Waals surface area (Å²) in [6.07, 6.45) is -34.9. The molecule has 3 saturated carbocycles. The van der Waals surface area contributed by atoms with Gasteiger partial charge in [-0.05, 0) is 134 Å². The van der Waals surface area contributed by atoms with Gasteiger partial charge in [0.15, 0.2) is 31.5 Å². The third-order valence-electron chi connectivity index (χ3n) is 20.4. The van der Waals surface area contributed by atoms with Gasteiger partial charge in [-0.2, -0.15) is 0 Å². The van der Waals surface area contributed by atoms with Crippen LogP contribution in [0, 0.1) is 34.5 Å². The molecule has 34 unspecified atom stereocenters. The van der Waals surface area contributed by atoms with Gasteiger partial charge in [-0.3, -0.25) is 4.18 Å². The van der Waals surface area contributed by atoms with Gasteiger partial charge in [0.25, 0.3) is 0 Å². The first kappa shape index (κ1) is 70.3. The Bertz CT molecular complexity index is 2420. The topological polar surface area (TPSA) is 422 Å². The number of aliphatic hydroxyl groups is 13. The smallest absolute Gasteiger partial charge is 0.726 e. The van der Waals surface area contributed by atoms with Gasteiger partial charge < -0.3 is 118 Å². The van der Waals surface area contributed by atoms with E-state index in [9.17, 15) is 79.4 Å². The zero-order valence-corrected chi connectivity index (χ0v) is 52.7. The molecule has 0 aromatic rings. The van der Waals surface area contributed by atoms with E-state index in [0.717, 1.165) is 11.1 Å². The molecule has 85 heavy (non-hydrogen) atoms. The Morgan fingerprint density at radius 1 is 0.647 bits per heavy atom. The van der Waals surface area contributed by atoms with E-state index in [0.29, 0.717) is 32.1 Å². The van der Waals surface area contributed by atoms with Crippen molar-refractivity contribution in [2.45, 2.75) is 285 Å². The molecule has 0 bridgehead atoms. The van der Waals surface area contributed by atoms with Crippen LogP contribution in [-0.2, 0) is 62.0 Å². The monoisotopic (exact) mass is 1250 g/mol. The third-order valence-corrected chi connectivity index (χ3v) is 20.9. The summed E-state index contributed by atoms with van der Waals surface area (Å²) in [4.78, 5) is 0. The SMILES string of the molecule is CC(C)=CCC(O)C(C)(O)C1CCC2C3CC(OC4OC(C)C(O)C(OC5OCC(OC6OC(C)C(O)C(O)C6OC6OC(C)C(O)C(O)C6O)C(O)C5OC5OC(C)C(O)C(O)C5O)C4O)C4CC(OS(=O)(=O)[O-])CCC4(C)C3=CCC21C.[Na+]. The van der Waals surface area contributed by atoms with Gasteiger partial charge in [0.1, 0.15) is 91.6 Å². The van der Waals surface area contributed by atoms with E-state index in [1.54, 1.807) is 6.92 Å². The van der Waals surface area contributed by atoms with E-state index in [-0.39, 0.29) is 66.6 Å². The summed E-state index contributed by atoms with van der Waals surface area (Å²) in [6, 6.07) is 0. The first-order chi connectivity index (χ1) is 39.2. The quantitative estimate of drug-likeness (QED) is 0.0297. The number of aliphatic hydroxyl groups excluding tert-OH is 12. The van der Waals surface area contributed by atoms with Crippen LogP contribution in [0.15, 0.2) is 23.3 Å². The van der Waals surface area contributed by atoms with Crippen LogP contribution < -0.4 is 29.6 Å². The van der Waals surface area contributed by atoms with Crippen molar-refractivity contribution in [3.05, 3.63) is 23.3 Å². The molecular formula is C56H91NaO27S. The van der Waals surface area contributed by atoms with Gasteiger partial charge in [-0.25, -0.2) is 8.42 Å². The van der Waals surface area contributed by atoms with E-state index in [4.69, 9.17) is 51.6 Å². The molecule has 4 aliphatic carbocycles. The summed E-state index contributed by atoms with van der Waals surface area (Å²) in [6.45, 7) is 14.8. The first-order valence-electron chi connectivity index (χ1n) is 29.6. The van der Waals surface area contributed by atoms with Crippen LogP contribution in [-0.4, -0.2) is 257 Å². The summed E-state index contributed by atoms with van der Waals surface area (Å²) >= 11 is 0. The van der Waals surface area contributed by atoms with E-state index >= 15 is 0 Å². The van der Waals surface area contributed by atoms with Gasteiger partial charge in [0.05, 0.1) is 54.9 Å². The Balaban J connectivity index is 0.00000940. The van der Waals surface area contributed by atoms with Crippen LogP contribution >= 0.6 is 0 Å². The van der Waals surface area contributed by atoms with E-state index in [2.05, 4.69) is 19.9 Å². The summed E-state index contributed by atoms with van der Waals surface area (Å²) in [5.41, 5.74) is -0.454. The Morgan fingerprint density at radius 2 is 1.15 bits per heavy atom. The second-order valence-electron chi connectivity index (χ2n) is 26.2. The minimum Gasteiger partial charge on any atom is -0.726 e. The van der Waals surface area contributed by atoms with Crippen LogP contribution in [0.1, 0.15) is 114 Å². The molecule has 5 heterocycles. The van der Waals surface area contributed by atoms with Crippen molar-refractivity contribution in [2.75, 3.05) is 6.61 Å². The summed E-state index contributed by atoms with van der Waals surface area (Å²) < 4.78 is 102. The van der Waals surface area contributed by atoms with Crippen LogP contribution in [0.4, 0.5) is 0 Å². The number of fused-ring (bicyclic) bond motifs is 5. The Labute approximate surface area is 517 Å². The summed E-state index contributed by atoms with van der Waals surface area (Å²) in [7, 11) is -5.12. The van der Waals surface area contributed by atoms with Crippen LogP contribution in [0.3, 0.4) is 0 Å². The van der Waals surface area contributed by atoms with Gasteiger partial charge in [-0.1, -0.05) is 37.1 Å². The maximum absolute atomic E-state index is 12.4. The predicted molar refractivity (Wildman–Crippen MR) is 283 cm³/mol.